The van der Waals surface area contributed by atoms with Gasteiger partial charge in [0.25, 0.3) is 0 Å². The molecule has 1 aliphatic carbocycles. The molecule has 0 unspecified atom stereocenters. The first-order valence-electron chi connectivity index (χ1n) is 7.36. The van der Waals surface area contributed by atoms with Gasteiger partial charge in [0.2, 0.25) is 5.91 Å². The van der Waals surface area contributed by atoms with Crippen LogP contribution in [0.5, 0.6) is 0 Å². The molecule has 1 aromatic heterocycles. The molecule has 0 radical (unpaired) electrons. The minimum atomic E-state index is -0.555. The Morgan fingerprint density at radius 2 is 2.14 bits per heavy atom. The number of nitrogens with zero attached hydrogens (tertiary/aromatic N) is 2. The molecule has 0 bridgehead atoms. The fraction of sp³-hybridized carbons (Fsp3) is 0.600. The number of carbonyl (C=O) groups excluding carboxylic acids is 2. The number of aromatic nitrogens is 2. The zero-order chi connectivity index (χ0) is 14.9. The highest BCUT2D eigenvalue weighted by atomic mass is 16.6. The number of nitrogens with one attached hydrogen (secondary N) is 1. The third-order valence-corrected chi connectivity index (χ3v) is 4.37. The van der Waals surface area contributed by atoms with Crippen LogP contribution >= 0.6 is 0 Å². The van der Waals surface area contributed by atoms with Crippen LogP contribution in [0.4, 0.5) is 0 Å². The predicted molar refractivity (Wildman–Crippen MR) is 74.0 cm³/mol. The first-order chi connectivity index (χ1) is 10.1. The van der Waals surface area contributed by atoms with Gasteiger partial charge in [-0.25, -0.2) is 0 Å². The van der Waals surface area contributed by atoms with Gasteiger partial charge in [-0.05, 0) is 32.6 Å². The summed E-state index contributed by atoms with van der Waals surface area (Å²) in [5, 5.41) is 2.86. The number of hydrogen-bond donors (Lipinski definition) is 1. The summed E-state index contributed by atoms with van der Waals surface area (Å²) in [6.45, 7) is 2.19. The highest BCUT2D eigenvalue weighted by molar-refractivity contribution is 5.87. The quantitative estimate of drug-likeness (QED) is 0.848. The Morgan fingerprint density at radius 3 is 2.81 bits per heavy atom. The Balaban J connectivity index is 1.64. The van der Waals surface area contributed by atoms with Crippen LogP contribution in [0.3, 0.4) is 0 Å². The van der Waals surface area contributed by atoms with E-state index in [4.69, 9.17) is 4.74 Å². The standard InChI is InChI=1S/C15H19N3O3/c1-10-7-17-11(8-16-10)9-18-14(20)12-6-13(19)21-15(12)4-2-3-5-15/h7-8,12H,2-6,9H2,1H3,(H,18,20)/t12-/m1/s1. The molecule has 21 heavy (non-hydrogen) atoms. The number of aryl methyl sites for hydroxylation is 1. The molecule has 0 aromatic carbocycles. The van der Waals surface area contributed by atoms with E-state index in [9.17, 15) is 9.59 Å². The topological polar surface area (TPSA) is 81.2 Å². The molecule has 1 atom stereocenters. The second kappa shape index (κ2) is 5.42. The van der Waals surface area contributed by atoms with Crippen LogP contribution in [-0.4, -0.2) is 27.4 Å². The predicted octanol–water partition coefficient (Wildman–Crippen LogP) is 1.28. The SMILES string of the molecule is Cc1cnc(CNC(=O)[C@H]2CC(=O)OC23CCCC3)cn1. The van der Waals surface area contributed by atoms with E-state index in [2.05, 4.69) is 15.3 Å². The fourth-order valence-electron chi connectivity index (χ4n) is 3.26. The zero-order valence-corrected chi connectivity index (χ0v) is 12.1. The van der Waals surface area contributed by atoms with E-state index in [1.54, 1.807) is 12.4 Å². The molecule has 6 nitrogen and oxygen atoms in total. The van der Waals surface area contributed by atoms with Gasteiger partial charge in [-0.1, -0.05) is 0 Å². The number of rotatable bonds is 3. The van der Waals surface area contributed by atoms with Gasteiger partial charge in [0.15, 0.2) is 0 Å². The van der Waals surface area contributed by atoms with E-state index in [-0.39, 0.29) is 24.2 Å². The molecule has 1 saturated heterocycles. The summed E-state index contributed by atoms with van der Waals surface area (Å²) >= 11 is 0. The largest absolute Gasteiger partial charge is 0.458 e. The average Bonchev–Trinajstić information content (AvgIpc) is 3.05. The molecule has 1 spiro atoms. The zero-order valence-electron chi connectivity index (χ0n) is 12.1. The number of ether oxygens (including phenoxy) is 1. The summed E-state index contributed by atoms with van der Waals surface area (Å²) in [5.74, 6) is -0.747. The van der Waals surface area contributed by atoms with Crippen molar-refractivity contribution in [1.29, 1.82) is 0 Å². The lowest BCUT2D eigenvalue weighted by Gasteiger charge is -2.27. The summed E-state index contributed by atoms with van der Waals surface area (Å²) < 4.78 is 5.48. The minimum Gasteiger partial charge on any atom is -0.458 e. The fourth-order valence-corrected chi connectivity index (χ4v) is 3.26. The molecule has 1 aromatic rings. The summed E-state index contributed by atoms with van der Waals surface area (Å²) in [6.07, 6.45) is 7.12. The van der Waals surface area contributed by atoms with Crippen molar-refractivity contribution >= 4 is 11.9 Å². The molecule has 2 aliphatic rings. The lowest BCUT2D eigenvalue weighted by molar-refractivity contribution is -0.149. The van der Waals surface area contributed by atoms with Crippen molar-refractivity contribution in [1.82, 2.24) is 15.3 Å². The maximum absolute atomic E-state index is 12.4. The smallest absolute Gasteiger partial charge is 0.307 e. The Bertz CT molecular complexity index is 550. The summed E-state index contributed by atoms with van der Waals surface area (Å²) in [5.41, 5.74) is 0.990. The third-order valence-electron chi connectivity index (χ3n) is 4.37. The Hall–Kier alpha value is -1.98. The van der Waals surface area contributed by atoms with Gasteiger partial charge < -0.3 is 10.1 Å². The summed E-state index contributed by atoms with van der Waals surface area (Å²) in [4.78, 5) is 32.4. The van der Waals surface area contributed by atoms with Crippen molar-refractivity contribution < 1.29 is 14.3 Å². The van der Waals surface area contributed by atoms with Gasteiger partial charge in [-0.3, -0.25) is 19.6 Å². The van der Waals surface area contributed by atoms with Gasteiger partial charge in [0, 0.05) is 6.20 Å². The van der Waals surface area contributed by atoms with E-state index in [0.29, 0.717) is 12.2 Å². The lowest BCUT2D eigenvalue weighted by Crippen LogP contribution is -2.42. The van der Waals surface area contributed by atoms with Gasteiger partial charge in [-0.2, -0.15) is 0 Å². The molecule has 1 N–H and O–H groups in total. The Kier molecular flexibility index (Phi) is 3.61. The van der Waals surface area contributed by atoms with Crippen LogP contribution in [0.1, 0.15) is 43.5 Å². The van der Waals surface area contributed by atoms with E-state index in [1.807, 2.05) is 6.92 Å². The van der Waals surface area contributed by atoms with Crippen LogP contribution < -0.4 is 5.32 Å². The van der Waals surface area contributed by atoms with Crippen LogP contribution in [0.15, 0.2) is 12.4 Å². The van der Waals surface area contributed by atoms with Gasteiger partial charge in [0.05, 0.1) is 36.5 Å². The van der Waals surface area contributed by atoms with Crippen molar-refractivity contribution in [3.63, 3.8) is 0 Å². The molecular weight excluding hydrogens is 270 g/mol. The van der Waals surface area contributed by atoms with Crippen LogP contribution in [0.25, 0.3) is 0 Å². The van der Waals surface area contributed by atoms with Crippen molar-refractivity contribution in [2.75, 3.05) is 0 Å². The van der Waals surface area contributed by atoms with Gasteiger partial charge in [0.1, 0.15) is 5.60 Å². The van der Waals surface area contributed by atoms with Gasteiger partial charge in [-0.15, -0.1) is 0 Å². The molecule has 2 heterocycles. The monoisotopic (exact) mass is 289 g/mol. The van der Waals surface area contributed by atoms with E-state index < -0.39 is 5.60 Å². The molecule has 2 fully saturated rings. The minimum absolute atomic E-state index is 0.120. The van der Waals surface area contributed by atoms with Crippen molar-refractivity contribution in [3.05, 3.63) is 23.8 Å². The number of amides is 1. The third kappa shape index (κ3) is 2.75. The normalized spacial score (nSPS) is 23.3. The maximum Gasteiger partial charge on any atom is 0.307 e. The average molecular weight is 289 g/mol. The first kappa shape index (κ1) is 14.0. The molecule has 112 valence electrons. The van der Waals surface area contributed by atoms with Crippen molar-refractivity contribution in [3.8, 4) is 0 Å². The number of esters is 1. The second-order valence-electron chi connectivity index (χ2n) is 5.87. The van der Waals surface area contributed by atoms with Crippen LogP contribution in [0.2, 0.25) is 0 Å². The molecule has 1 aliphatic heterocycles. The highest BCUT2D eigenvalue weighted by Crippen LogP contribution is 2.45. The lowest BCUT2D eigenvalue weighted by atomic mass is 9.85. The van der Waals surface area contributed by atoms with E-state index in [0.717, 1.165) is 31.4 Å². The summed E-state index contributed by atoms with van der Waals surface area (Å²) in [7, 11) is 0. The highest BCUT2D eigenvalue weighted by Gasteiger charge is 2.53. The molecule has 1 saturated carbocycles. The van der Waals surface area contributed by atoms with E-state index in [1.165, 1.54) is 0 Å². The molecular formula is C15H19N3O3. The molecule has 6 heteroatoms. The Labute approximate surface area is 123 Å². The Morgan fingerprint density at radius 1 is 1.38 bits per heavy atom. The van der Waals surface area contributed by atoms with Crippen LogP contribution in [-0.2, 0) is 20.9 Å². The maximum atomic E-state index is 12.4. The van der Waals surface area contributed by atoms with Crippen LogP contribution in [0, 0.1) is 12.8 Å². The first-order valence-corrected chi connectivity index (χ1v) is 7.36. The van der Waals surface area contributed by atoms with Crippen molar-refractivity contribution in [2.45, 2.75) is 51.2 Å². The number of hydrogen-bond acceptors (Lipinski definition) is 5. The molecule has 1 amide bonds. The summed E-state index contributed by atoms with van der Waals surface area (Å²) in [6, 6.07) is 0. The van der Waals surface area contributed by atoms with Gasteiger partial charge >= 0.3 is 5.97 Å². The van der Waals surface area contributed by atoms with E-state index >= 15 is 0 Å². The molecule has 3 rings (SSSR count). The van der Waals surface area contributed by atoms with Crippen molar-refractivity contribution in [2.24, 2.45) is 5.92 Å². The second-order valence-corrected chi connectivity index (χ2v) is 5.87. The number of carbonyl (C=O) groups is 2.